The number of fused-ring (bicyclic) bond motifs is 2. The standard InChI is InChI=1S/C36H43BrO3/c1-2-3-4-5-6-7-8-9-10-11-12-13-22-31(37)36(39)40-33-26-24-28-19-15-17-21-30(28)35(33)34-29-20-16-14-18-27(29)23-25-32(34)38/h14-21,23-26,31,38H,2-13,22H2,1H3/t31-/m1/s1. The van der Waals surface area contributed by atoms with Crippen molar-refractivity contribution in [2.45, 2.75) is 95.2 Å². The second kappa shape index (κ2) is 15.8. The lowest BCUT2D eigenvalue weighted by molar-refractivity contribution is -0.133. The van der Waals surface area contributed by atoms with E-state index in [1.807, 2.05) is 66.7 Å². The third-order valence-electron chi connectivity index (χ3n) is 7.83. The van der Waals surface area contributed by atoms with Crippen LogP contribution in [0.15, 0.2) is 72.8 Å². The molecule has 0 radical (unpaired) electrons. The molecule has 0 bridgehead atoms. The molecule has 3 nitrogen and oxygen atoms in total. The second-order valence-electron chi connectivity index (χ2n) is 10.9. The van der Waals surface area contributed by atoms with Crippen LogP contribution in [-0.2, 0) is 4.79 Å². The number of benzene rings is 4. The van der Waals surface area contributed by atoms with Crippen LogP contribution in [0.3, 0.4) is 0 Å². The van der Waals surface area contributed by atoms with E-state index in [1.165, 1.54) is 64.2 Å². The molecule has 0 heterocycles. The van der Waals surface area contributed by atoms with E-state index in [2.05, 4.69) is 22.9 Å². The molecule has 4 aromatic rings. The van der Waals surface area contributed by atoms with Gasteiger partial charge in [-0.1, -0.05) is 161 Å². The van der Waals surface area contributed by atoms with Gasteiger partial charge in [0.2, 0.25) is 0 Å². The topological polar surface area (TPSA) is 46.5 Å². The van der Waals surface area contributed by atoms with Gasteiger partial charge in [0.15, 0.2) is 0 Å². The third-order valence-corrected chi connectivity index (χ3v) is 8.66. The third kappa shape index (κ3) is 8.10. The van der Waals surface area contributed by atoms with Gasteiger partial charge in [-0.2, -0.15) is 0 Å². The average molecular weight is 604 g/mol. The van der Waals surface area contributed by atoms with Crippen molar-refractivity contribution in [1.82, 2.24) is 0 Å². The number of alkyl halides is 1. The van der Waals surface area contributed by atoms with Crippen molar-refractivity contribution < 1.29 is 14.6 Å². The molecule has 4 aromatic carbocycles. The lowest BCUT2D eigenvalue weighted by Gasteiger charge is -2.18. The van der Waals surface area contributed by atoms with Crippen molar-refractivity contribution in [3.8, 4) is 22.6 Å². The molecule has 0 amide bonds. The highest BCUT2D eigenvalue weighted by Crippen LogP contribution is 2.45. The number of carbonyl (C=O) groups is 1. The minimum absolute atomic E-state index is 0.166. The summed E-state index contributed by atoms with van der Waals surface area (Å²) >= 11 is 3.59. The Bertz CT molecular complexity index is 1380. The molecular weight excluding hydrogens is 560 g/mol. The van der Waals surface area contributed by atoms with Crippen molar-refractivity contribution in [3.63, 3.8) is 0 Å². The highest BCUT2D eigenvalue weighted by molar-refractivity contribution is 9.10. The summed E-state index contributed by atoms with van der Waals surface area (Å²) in [4.78, 5) is 12.8. The molecule has 1 atom stereocenters. The summed E-state index contributed by atoms with van der Waals surface area (Å²) in [6, 6.07) is 23.4. The number of ether oxygens (including phenoxy) is 1. The predicted molar refractivity (Wildman–Crippen MR) is 173 cm³/mol. The summed E-state index contributed by atoms with van der Waals surface area (Å²) in [7, 11) is 0. The van der Waals surface area contributed by atoms with Crippen molar-refractivity contribution in [2.24, 2.45) is 0 Å². The predicted octanol–water partition coefficient (Wildman–Crippen LogP) is 11.1. The fourth-order valence-electron chi connectivity index (χ4n) is 5.57. The van der Waals surface area contributed by atoms with Crippen LogP contribution in [0.25, 0.3) is 32.7 Å². The zero-order valence-corrected chi connectivity index (χ0v) is 25.4. The van der Waals surface area contributed by atoms with E-state index < -0.39 is 0 Å². The zero-order chi connectivity index (χ0) is 28.2. The Kier molecular flexibility index (Phi) is 11.9. The fraction of sp³-hybridized carbons (Fsp3) is 0.417. The van der Waals surface area contributed by atoms with Gasteiger partial charge >= 0.3 is 5.97 Å². The van der Waals surface area contributed by atoms with Crippen molar-refractivity contribution in [1.29, 1.82) is 0 Å². The highest BCUT2D eigenvalue weighted by atomic mass is 79.9. The van der Waals surface area contributed by atoms with Crippen LogP contribution in [0.5, 0.6) is 11.5 Å². The Morgan fingerprint density at radius 2 is 1.18 bits per heavy atom. The van der Waals surface area contributed by atoms with E-state index in [1.54, 1.807) is 6.07 Å². The molecular formula is C36H43BrO3. The molecule has 0 aliphatic carbocycles. The summed E-state index contributed by atoms with van der Waals surface area (Å²) in [5.74, 6) is 0.341. The van der Waals surface area contributed by atoms with Crippen LogP contribution in [0, 0.1) is 0 Å². The summed E-state index contributed by atoms with van der Waals surface area (Å²) in [6.45, 7) is 2.27. The van der Waals surface area contributed by atoms with Gasteiger partial charge in [0.25, 0.3) is 0 Å². The number of unbranched alkanes of at least 4 members (excludes halogenated alkanes) is 11. The monoisotopic (exact) mass is 602 g/mol. The molecule has 4 heteroatoms. The van der Waals surface area contributed by atoms with Gasteiger partial charge in [0.1, 0.15) is 16.3 Å². The fourth-order valence-corrected chi connectivity index (χ4v) is 5.99. The number of aromatic hydroxyl groups is 1. The maximum absolute atomic E-state index is 13.2. The summed E-state index contributed by atoms with van der Waals surface area (Å²) in [6.07, 6.45) is 16.3. The lowest BCUT2D eigenvalue weighted by Crippen LogP contribution is -2.20. The first-order valence-corrected chi connectivity index (χ1v) is 16.1. The number of halogens is 1. The van der Waals surface area contributed by atoms with E-state index in [0.29, 0.717) is 11.3 Å². The minimum atomic E-state index is -0.365. The number of hydrogen-bond acceptors (Lipinski definition) is 3. The first kappa shape index (κ1) is 30.1. The number of phenols is 1. The number of carbonyl (C=O) groups excluding carboxylic acids is 1. The van der Waals surface area contributed by atoms with E-state index in [0.717, 1.165) is 46.4 Å². The van der Waals surface area contributed by atoms with Crippen LogP contribution in [0.2, 0.25) is 0 Å². The van der Waals surface area contributed by atoms with E-state index in [9.17, 15) is 9.90 Å². The summed E-state index contributed by atoms with van der Waals surface area (Å²) < 4.78 is 6.03. The second-order valence-corrected chi connectivity index (χ2v) is 12.0. The number of phenolic OH excluding ortho intramolecular Hbond substituents is 1. The molecule has 0 spiro atoms. The quantitative estimate of drug-likeness (QED) is 0.0600. The molecule has 0 saturated heterocycles. The Balaban J connectivity index is 1.36. The smallest absolute Gasteiger partial charge is 0.325 e. The van der Waals surface area contributed by atoms with E-state index >= 15 is 0 Å². The van der Waals surface area contributed by atoms with Gasteiger partial charge < -0.3 is 9.84 Å². The van der Waals surface area contributed by atoms with E-state index in [4.69, 9.17) is 4.74 Å². The average Bonchev–Trinajstić information content (AvgIpc) is 2.98. The first-order chi connectivity index (χ1) is 19.6. The maximum atomic E-state index is 13.2. The minimum Gasteiger partial charge on any atom is -0.507 e. The van der Waals surface area contributed by atoms with Crippen LogP contribution in [0.4, 0.5) is 0 Å². The van der Waals surface area contributed by atoms with Crippen molar-refractivity contribution >= 4 is 43.4 Å². The Labute approximate surface area is 248 Å². The Morgan fingerprint density at radius 1 is 0.675 bits per heavy atom. The lowest BCUT2D eigenvalue weighted by atomic mass is 9.92. The van der Waals surface area contributed by atoms with Crippen molar-refractivity contribution in [3.05, 3.63) is 72.8 Å². The number of hydrogen-bond donors (Lipinski definition) is 1. The molecule has 4 rings (SSSR count). The van der Waals surface area contributed by atoms with Gasteiger partial charge in [0.05, 0.1) is 0 Å². The van der Waals surface area contributed by atoms with Crippen LogP contribution in [0.1, 0.15) is 90.4 Å². The molecule has 0 aliphatic heterocycles. The molecule has 40 heavy (non-hydrogen) atoms. The van der Waals surface area contributed by atoms with Crippen molar-refractivity contribution in [2.75, 3.05) is 0 Å². The molecule has 0 aliphatic rings. The number of esters is 1. The first-order valence-electron chi connectivity index (χ1n) is 15.2. The Hall–Kier alpha value is -2.85. The highest BCUT2D eigenvalue weighted by Gasteiger charge is 2.22. The van der Waals surface area contributed by atoms with Gasteiger partial charge in [-0.15, -0.1) is 0 Å². The van der Waals surface area contributed by atoms with Crippen LogP contribution >= 0.6 is 15.9 Å². The number of rotatable bonds is 16. The normalized spacial score (nSPS) is 12.2. The SMILES string of the molecule is CCCCCCCCCCCCCC[C@@H](Br)C(=O)Oc1ccc2ccccc2c1-c1c(O)ccc2ccccc12. The van der Waals surface area contributed by atoms with Gasteiger partial charge in [-0.25, -0.2) is 0 Å². The van der Waals surface area contributed by atoms with Gasteiger partial charge in [-0.05, 0) is 40.1 Å². The van der Waals surface area contributed by atoms with E-state index in [-0.39, 0.29) is 16.5 Å². The Morgan fingerprint density at radius 3 is 1.77 bits per heavy atom. The molecule has 0 saturated carbocycles. The van der Waals surface area contributed by atoms with Crippen LogP contribution in [-0.4, -0.2) is 15.9 Å². The zero-order valence-electron chi connectivity index (χ0n) is 23.8. The maximum Gasteiger partial charge on any atom is 0.325 e. The summed E-state index contributed by atoms with van der Waals surface area (Å²) in [5.41, 5.74) is 1.43. The molecule has 212 valence electrons. The van der Waals surface area contributed by atoms with Crippen LogP contribution < -0.4 is 4.74 Å². The molecule has 1 N–H and O–H groups in total. The summed E-state index contributed by atoms with van der Waals surface area (Å²) in [5, 5.41) is 14.9. The van der Waals surface area contributed by atoms with Gasteiger partial charge in [-0.3, -0.25) is 4.79 Å². The largest absolute Gasteiger partial charge is 0.507 e. The molecule has 0 fully saturated rings. The molecule has 0 aromatic heterocycles. The van der Waals surface area contributed by atoms with Gasteiger partial charge in [0, 0.05) is 11.1 Å². The molecule has 0 unspecified atom stereocenters.